The maximum Gasteiger partial charge on any atom is 0.123 e. The molecule has 0 atom stereocenters. The van der Waals surface area contributed by atoms with Crippen molar-refractivity contribution in [2.45, 2.75) is 6.42 Å². The van der Waals surface area contributed by atoms with Crippen LogP contribution in [0.15, 0.2) is 115 Å². The lowest BCUT2D eigenvalue weighted by atomic mass is 9.99. The lowest BCUT2D eigenvalue weighted by molar-refractivity contribution is 0.628. The van der Waals surface area contributed by atoms with Gasteiger partial charge in [-0.15, -0.1) is 0 Å². The summed E-state index contributed by atoms with van der Waals surface area (Å²) >= 11 is 0. The lowest BCUT2D eigenvalue weighted by Crippen LogP contribution is -2.01. The van der Waals surface area contributed by atoms with Gasteiger partial charge in [0.1, 0.15) is 5.82 Å². The first-order chi connectivity index (χ1) is 15.8. The van der Waals surface area contributed by atoms with E-state index in [2.05, 4.69) is 30.3 Å². The van der Waals surface area contributed by atoms with E-state index in [-0.39, 0.29) is 5.82 Å². The standard InChI is InChI=1S/C29H21FN2/c30-24-16-14-21(15-17-24)26-18-19-28(23-10-5-2-6-11-23)32-29(26)20-25-12-7-13-27(31-25)22-8-3-1-4-9-22/h1-19H,20H2. The van der Waals surface area contributed by atoms with Gasteiger partial charge in [0, 0.05) is 28.8 Å². The smallest absolute Gasteiger partial charge is 0.123 e. The number of hydrogen-bond donors (Lipinski definition) is 0. The Balaban J connectivity index is 1.57. The van der Waals surface area contributed by atoms with E-state index in [1.54, 1.807) is 12.1 Å². The molecule has 0 bridgehead atoms. The lowest BCUT2D eigenvalue weighted by Gasteiger charge is -2.12. The van der Waals surface area contributed by atoms with Crippen molar-refractivity contribution in [3.05, 3.63) is 132 Å². The van der Waals surface area contributed by atoms with Crippen molar-refractivity contribution >= 4 is 0 Å². The van der Waals surface area contributed by atoms with Crippen LogP contribution in [0.25, 0.3) is 33.6 Å². The highest BCUT2D eigenvalue weighted by atomic mass is 19.1. The zero-order valence-electron chi connectivity index (χ0n) is 17.4. The molecule has 2 nitrogen and oxygen atoms in total. The van der Waals surface area contributed by atoms with E-state index in [1.807, 2.05) is 60.7 Å². The number of hydrogen-bond acceptors (Lipinski definition) is 2. The van der Waals surface area contributed by atoms with E-state index in [1.165, 1.54) is 12.1 Å². The molecule has 0 aliphatic rings. The summed E-state index contributed by atoms with van der Waals surface area (Å²) in [7, 11) is 0. The van der Waals surface area contributed by atoms with E-state index in [0.29, 0.717) is 6.42 Å². The van der Waals surface area contributed by atoms with E-state index in [4.69, 9.17) is 9.97 Å². The van der Waals surface area contributed by atoms with Gasteiger partial charge in [-0.1, -0.05) is 84.9 Å². The minimum atomic E-state index is -0.249. The van der Waals surface area contributed by atoms with Crippen LogP contribution in [0.2, 0.25) is 0 Å². The molecule has 2 aromatic heterocycles. The van der Waals surface area contributed by atoms with Crippen molar-refractivity contribution < 1.29 is 4.39 Å². The minimum absolute atomic E-state index is 0.249. The molecule has 32 heavy (non-hydrogen) atoms. The first-order valence-electron chi connectivity index (χ1n) is 10.6. The summed E-state index contributed by atoms with van der Waals surface area (Å²) in [6, 6.07) is 37.0. The molecule has 0 amide bonds. The molecule has 0 unspecified atom stereocenters. The van der Waals surface area contributed by atoms with Gasteiger partial charge < -0.3 is 0 Å². The first kappa shape index (κ1) is 19.8. The van der Waals surface area contributed by atoms with Gasteiger partial charge in [-0.3, -0.25) is 9.97 Å². The number of rotatable bonds is 5. The number of halogens is 1. The predicted octanol–water partition coefficient (Wildman–Crippen LogP) is 7.21. The van der Waals surface area contributed by atoms with Crippen molar-refractivity contribution in [2.24, 2.45) is 0 Å². The number of aromatic nitrogens is 2. The van der Waals surface area contributed by atoms with Gasteiger partial charge in [-0.05, 0) is 35.9 Å². The molecular weight excluding hydrogens is 395 g/mol. The van der Waals surface area contributed by atoms with E-state index in [9.17, 15) is 4.39 Å². The number of nitrogens with zero attached hydrogens (tertiary/aromatic N) is 2. The fourth-order valence-corrected chi connectivity index (χ4v) is 3.82. The third kappa shape index (κ3) is 4.33. The third-order valence-electron chi connectivity index (χ3n) is 5.42. The van der Waals surface area contributed by atoms with E-state index in [0.717, 1.165) is 45.0 Å². The number of pyridine rings is 2. The second kappa shape index (κ2) is 8.94. The molecule has 0 fully saturated rings. The Morgan fingerprint density at radius 3 is 1.78 bits per heavy atom. The van der Waals surface area contributed by atoms with Crippen LogP contribution in [0.1, 0.15) is 11.4 Å². The van der Waals surface area contributed by atoms with Crippen LogP contribution in [0, 0.1) is 5.82 Å². The second-order valence-electron chi connectivity index (χ2n) is 7.62. The Kier molecular flexibility index (Phi) is 5.54. The zero-order valence-corrected chi connectivity index (χ0v) is 17.4. The average molecular weight is 416 g/mol. The van der Waals surface area contributed by atoms with Crippen molar-refractivity contribution in [3.63, 3.8) is 0 Å². The Morgan fingerprint density at radius 1 is 0.500 bits per heavy atom. The average Bonchev–Trinajstić information content (AvgIpc) is 2.86. The molecule has 5 rings (SSSR count). The monoisotopic (exact) mass is 416 g/mol. The summed E-state index contributed by atoms with van der Waals surface area (Å²) < 4.78 is 13.5. The molecule has 5 aromatic rings. The van der Waals surface area contributed by atoms with Crippen molar-refractivity contribution in [1.29, 1.82) is 0 Å². The fourth-order valence-electron chi connectivity index (χ4n) is 3.82. The number of benzene rings is 3. The highest BCUT2D eigenvalue weighted by Gasteiger charge is 2.12. The van der Waals surface area contributed by atoms with Gasteiger partial charge in [-0.25, -0.2) is 4.39 Å². The van der Waals surface area contributed by atoms with E-state index >= 15 is 0 Å². The summed E-state index contributed by atoms with van der Waals surface area (Å²) in [5.41, 5.74) is 7.76. The maximum absolute atomic E-state index is 13.5. The van der Waals surface area contributed by atoms with Gasteiger partial charge in [0.15, 0.2) is 0 Å². The van der Waals surface area contributed by atoms with E-state index < -0.39 is 0 Å². The molecule has 0 spiro atoms. The quantitative estimate of drug-likeness (QED) is 0.303. The predicted molar refractivity (Wildman–Crippen MR) is 128 cm³/mol. The Hall–Kier alpha value is -4.11. The zero-order chi connectivity index (χ0) is 21.8. The maximum atomic E-state index is 13.5. The Bertz CT molecular complexity index is 1330. The summed E-state index contributed by atoms with van der Waals surface area (Å²) in [6.45, 7) is 0. The van der Waals surface area contributed by atoms with Crippen LogP contribution in [0.3, 0.4) is 0 Å². The van der Waals surface area contributed by atoms with Gasteiger partial charge in [0.25, 0.3) is 0 Å². The largest absolute Gasteiger partial charge is 0.252 e. The van der Waals surface area contributed by atoms with Gasteiger partial charge in [-0.2, -0.15) is 0 Å². The fraction of sp³-hybridized carbons (Fsp3) is 0.0345. The Labute approximate surface area is 187 Å². The molecule has 0 radical (unpaired) electrons. The SMILES string of the molecule is Fc1ccc(-c2ccc(-c3ccccc3)nc2Cc2cccc(-c3ccccc3)n2)cc1. The first-order valence-corrected chi connectivity index (χ1v) is 10.6. The van der Waals surface area contributed by atoms with Crippen molar-refractivity contribution in [1.82, 2.24) is 9.97 Å². The summed E-state index contributed by atoms with van der Waals surface area (Å²) in [5, 5.41) is 0. The molecule has 0 aliphatic heterocycles. The summed E-state index contributed by atoms with van der Waals surface area (Å²) in [4.78, 5) is 9.90. The topological polar surface area (TPSA) is 25.8 Å². The summed E-state index contributed by atoms with van der Waals surface area (Å²) in [6.07, 6.45) is 0.577. The molecule has 3 aromatic carbocycles. The highest BCUT2D eigenvalue weighted by Crippen LogP contribution is 2.28. The van der Waals surface area contributed by atoms with Gasteiger partial charge in [0.2, 0.25) is 0 Å². The van der Waals surface area contributed by atoms with Crippen molar-refractivity contribution in [3.8, 4) is 33.6 Å². The molecule has 0 saturated heterocycles. The normalized spacial score (nSPS) is 10.8. The van der Waals surface area contributed by atoms with Crippen LogP contribution in [-0.2, 0) is 6.42 Å². The van der Waals surface area contributed by atoms with Crippen LogP contribution in [-0.4, -0.2) is 9.97 Å². The van der Waals surface area contributed by atoms with Crippen LogP contribution in [0.4, 0.5) is 4.39 Å². The molecular formula is C29H21FN2. The molecule has 0 aliphatic carbocycles. The molecule has 2 heterocycles. The molecule has 3 heteroatoms. The minimum Gasteiger partial charge on any atom is -0.252 e. The molecule has 0 saturated carbocycles. The van der Waals surface area contributed by atoms with Gasteiger partial charge in [0.05, 0.1) is 17.1 Å². The van der Waals surface area contributed by atoms with Crippen LogP contribution >= 0.6 is 0 Å². The third-order valence-corrected chi connectivity index (χ3v) is 5.42. The van der Waals surface area contributed by atoms with Gasteiger partial charge >= 0.3 is 0 Å². The van der Waals surface area contributed by atoms with Crippen LogP contribution < -0.4 is 0 Å². The second-order valence-corrected chi connectivity index (χ2v) is 7.62. The molecule has 0 N–H and O–H groups in total. The highest BCUT2D eigenvalue weighted by molar-refractivity contribution is 5.70. The van der Waals surface area contributed by atoms with Crippen molar-refractivity contribution in [2.75, 3.05) is 0 Å². The Morgan fingerprint density at radius 2 is 1.12 bits per heavy atom. The summed E-state index contributed by atoms with van der Waals surface area (Å²) in [5.74, 6) is -0.249. The molecule has 154 valence electrons. The van der Waals surface area contributed by atoms with Crippen LogP contribution in [0.5, 0.6) is 0 Å².